The molecule has 1 saturated carbocycles. The number of benzene rings is 3. The molecular weight excluding hydrogens is 708 g/mol. The summed E-state index contributed by atoms with van der Waals surface area (Å²) in [7, 11) is 3.92. The van der Waals surface area contributed by atoms with Crippen molar-refractivity contribution in [2.24, 2.45) is 7.05 Å². The van der Waals surface area contributed by atoms with Gasteiger partial charge in [0, 0.05) is 56.0 Å². The number of esters is 1. The molecule has 7 rings (SSSR count). The number of hydrogen-bond acceptors (Lipinski definition) is 8. The van der Waals surface area contributed by atoms with Gasteiger partial charge < -0.3 is 29.0 Å². The highest BCUT2D eigenvalue weighted by Gasteiger charge is 2.51. The number of anilines is 1. The van der Waals surface area contributed by atoms with Gasteiger partial charge in [-0.25, -0.2) is 9.37 Å². The average molecular weight is 751 g/mol. The number of likely N-dealkylation sites (N-methyl/N-ethyl adjacent to an activating group) is 1. The van der Waals surface area contributed by atoms with Crippen molar-refractivity contribution in [1.29, 1.82) is 0 Å². The highest BCUT2D eigenvalue weighted by Crippen LogP contribution is 2.46. The van der Waals surface area contributed by atoms with E-state index in [0.717, 1.165) is 46.6 Å². The van der Waals surface area contributed by atoms with Crippen molar-refractivity contribution in [3.63, 3.8) is 0 Å². The fourth-order valence-corrected chi connectivity index (χ4v) is 7.77. The van der Waals surface area contributed by atoms with Crippen LogP contribution in [0.5, 0.6) is 11.5 Å². The molecule has 0 bridgehead atoms. The van der Waals surface area contributed by atoms with Crippen LogP contribution in [0, 0.1) is 5.82 Å². The highest BCUT2D eigenvalue weighted by molar-refractivity contribution is 6.36. The predicted octanol–water partition coefficient (Wildman–Crippen LogP) is 7.42. The molecule has 1 unspecified atom stereocenters. The van der Waals surface area contributed by atoms with Crippen LogP contribution in [0.3, 0.4) is 0 Å². The molecular formula is C39H42Cl2FN5O5. The molecule has 2 heterocycles. The van der Waals surface area contributed by atoms with E-state index in [1.165, 1.54) is 0 Å². The summed E-state index contributed by atoms with van der Waals surface area (Å²) in [6.07, 6.45) is 2.98. The number of rotatable bonds is 12. The summed E-state index contributed by atoms with van der Waals surface area (Å²) in [4.78, 5) is 32.8. The first kappa shape index (κ1) is 36.2. The zero-order chi connectivity index (χ0) is 36.7. The molecule has 2 N–H and O–H groups in total. The van der Waals surface area contributed by atoms with Crippen LogP contribution in [0.2, 0.25) is 10.0 Å². The molecule has 1 fully saturated rings. The van der Waals surface area contributed by atoms with Crippen molar-refractivity contribution >= 4 is 40.8 Å². The summed E-state index contributed by atoms with van der Waals surface area (Å²) in [6.45, 7) is 5.80. The van der Waals surface area contributed by atoms with Crippen LogP contribution in [-0.2, 0) is 42.5 Å². The Hall–Kier alpha value is -4.16. The summed E-state index contributed by atoms with van der Waals surface area (Å²) < 4.78 is 35.3. The van der Waals surface area contributed by atoms with E-state index in [2.05, 4.69) is 20.5 Å². The van der Waals surface area contributed by atoms with Crippen molar-refractivity contribution in [3.05, 3.63) is 92.2 Å². The van der Waals surface area contributed by atoms with Crippen LogP contribution >= 0.6 is 23.2 Å². The molecule has 13 heteroatoms. The molecule has 1 amide bonds. The van der Waals surface area contributed by atoms with Gasteiger partial charge in [-0.3, -0.25) is 14.9 Å². The average Bonchev–Trinajstić information content (AvgIpc) is 3.71. The zero-order valence-corrected chi connectivity index (χ0v) is 31.2. The number of carbonyl (C=O) groups excluding carboxylic acids is 2. The van der Waals surface area contributed by atoms with E-state index in [-0.39, 0.29) is 41.4 Å². The van der Waals surface area contributed by atoms with Gasteiger partial charge in [-0.1, -0.05) is 53.5 Å². The first-order chi connectivity index (χ1) is 25.0. The second-order valence-corrected chi connectivity index (χ2v) is 14.3. The van der Waals surface area contributed by atoms with Gasteiger partial charge in [0.2, 0.25) is 0 Å². The normalized spacial score (nSPS) is 17.3. The molecule has 3 aromatic carbocycles. The van der Waals surface area contributed by atoms with E-state index < -0.39 is 17.5 Å². The van der Waals surface area contributed by atoms with Gasteiger partial charge in [-0.15, -0.1) is 0 Å². The third-order valence-corrected chi connectivity index (χ3v) is 11.0. The Morgan fingerprint density at radius 2 is 1.79 bits per heavy atom. The minimum Gasteiger partial charge on any atom is -0.493 e. The topological polar surface area (TPSA) is 107 Å². The number of carbonyl (C=O) groups is 2. The van der Waals surface area contributed by atoms with Crippen molar-refractivity contribution in [1.82, 2.24) is 19.8 Å². The molecule has 4 aromatic rings. The molecule has 0 radical (unpaired) electrons. The number of fused-ring (bicyclic) bond motifs is 2. The molecule has 274 valence electrons. The van der Waals surface area contributed by atoms with Crippen molar-refractivity contribution < 1.29 is 28.2 Å². The summed E-state index contributed by atoms with van der Waals surface area (Å²) in [5.41, 5.74) is 5.57. The van der Waals surface area contributed by atoms with E-state index in [1.54, 1.807) is 19.1 Å². The van der Waals surface area contributed by atoms with Crippen LogP contribution < -0.4 is 20.1 Å². The van der Waals surface area contributed by atoms with E-state index in [1.807, 2.05) is 55.9 Å². The second kappa shape index (κ2) is 14.7. The standard InChI is InChI=1S/C39H42Cl2FN5O5/c1-5-50-31-19-32(34(41)35(42)26(31)20-43-39(16-17-39)38(49)51-6-2)52-30-14-13-23-22(9-7-10-24(23)30)25-11-8-12-27(33(25)40)45-37(48)36-44-28-21-46(3)18-15-29(28)47(36)4/h7-12,19,30,43H,5-6,13-18,20-21H2,1-4H3,(H,45,48). The Kier molecular flexibility index (Phi) is 10.2. The lowest BCUT2D eigenvalue weighted by Crippen LogP contribution is -2.40. The molecule has 2 aliphatic carbocycles. The van der Waals surface area contributed by atoms with E-state index in [9.17, 15) is 9.59 Å². The summed E-state index contributed by atoms with van der Waals surface area (Å²) in [6, 6.07) is 13.1. The minimum absolute atomic E-state index is 0.0389. The second-order valence-electron chi connectivity index (χ2n) is 13.6. The fraction of sp³-hybridized carbons (Fsp3) is 0.410. The number of nitrogens with one attached hydrogen (secondary N) is 2. The van der Waals surface area contributed by atoms with Crippen LogP contribution in [0.1, 0.15) is 77.9 Å². The van der Waals surface area contributed by atoms with Gasteiger partial charge in [0.05, 0.1) is 29.6 Å². The number of ether oxygens (including phenoxy) is 3. The summed E-state index contributed by atoms with van der Waals surface area (Å²) >= 11 is 13.6. The van der Waals surface area contributed by atoms with Gasteiger partial charge in [0.15, 0.2) is 11.6 Å². The van der Waals surface area contributed by atoms with Crippen molar-refractivity contribution in [2.75, 3.05) is 32.1 Å². The van der Waals surface area contributed by atoms with Gasteiger partial charge in [-0.2, -0.15) is 0 Å². The van der Waals surface area contributed by atoms with E-state index in [4.69, 9.17) is 37.4 Å². The Bertz CT molecular complexity index is 2050. The Morgan fingerprint density at radius 1 is 1.02 bits per heavy atom. The molecule has 0 saturated heterocycles. The number of hydrogen-bond donors (Lipinski definition) is 2. The first-order valence-electron chi connectivity index (χ1n) is 17.7. The fourth-order valence-electron chi connectivity index (χ4n) is 7.28. The lowest BCUT2D eigenvalue weighted by atomic mass is 9.96. The lowest BCUT2D eigenvalue weighted by molar-refractivity contribution is -0.147. The van der Waals surface area contributed by atoms with Crippen molar-refractivity contribution in [3.8, 4) is 22.6 Å². The quantitative estimate of drug-likeness (QED) is 0.144. The predicted molar refractivity (Wildman–Crippen MR) is 198 cm³/mol. The molecule has 10 nitrogen and oxygen atoms in total. The molecule has 1 aliphatic heterocycles. The molecule has 1 atom stereocenters. The van der Waals surface area contributed by atoms with E-state index >= 15 is 4.39 Å². The smallest absolute Gasteiger partial charge is 0.326 e. The van der Waals surface area contributed by atoms with Gasteiger partial charge in [0.25, 0.3) is 5.91 Å². The maximum Gasteiger partial charge on any atom is 0.326 e. The van der Waals surface area contributed by atoms with E-state index in [0.29, 0.717) is 61.1 Å². The minimum atomic E-state index is -0.817. The summed E-state index contributed by atoms with van der Waals surface area (Å²) in [5.74, 6) is -0.516. The lowest BCUT2D eigenvalue weighted by Gasteiger charge is -2.21. The number of aromatic nitrogens is 2. The first-order valence-corrected chi connectivity index (χ1v) is 18.5. The maximum absolute atomic E-state index is 15.9. The monoisotopic (exact) mass is 749 g/mol. The van der Waals surface area contributed by atoms with Crippen LogP contribution in [0.4, 0.5) is 10.1 Å². The largest absolute Gasteiger partial charge is 0.493 e. The Balaban J connectivity index is 1.11. The molecule has 52 heavy (non-hydrogen) atoms. The van der Waals surface area contributed by atoms with Crippen molar-refractivity contribution in [2.45, 2.75) is 70.7 Å². The number of imidazole rings is 1. The van der Waals surface area contributed by atoms with Crippen LogP contribution in [0.15, 0.2) is 42.5 Å². The highest BCUT2D eigenvalue weighted by atomic mass is 35.5. The summed E-state index contributed by atoms with van der Waals surface area (Å²) in [5, 5.41) is 6.42. The Morgan fingerprint density at radius 3 is 2.54 bits per heavy atom. The SMILES string of the molecule is CCOC(=O)C1(NCc2c(OCC)cc(OC3CCc4c(-c5cccc(NC(=O)c6nc7c(n6C)CCN(C)C7)c5Cl)cccc43)c(Cl)c2F)CC1. The third-order valence-electron chi connectivity index (χ3n) is 10.2. The van der Waals surface area contributed by atoms with Gasteiger partial charge in [-0.05, 0) is 69.3 Å². The molecule has 1 aromatic heterocycles. The number of amides is 1. The number of nitrogens with zero attached hydrogens (tertiary/aromatic N) is 3. The number of halogens is 3. The van der Waals surface area contributed by atoms with Gasteiger partial charge in [0.1, 0.15) is 28.2 Å². The molecule has 0 spiro atoms. The van der Waals surface area contributed by atoms with Crippen LogP contribution in [-0.4, -0.2) is 58.7 Å². The molecule has 3 aliphatic rings. The third kappa shape index (κ3) is 6.75. The Labute approximate surface area is 312 Å². The zero-order valence-electron chi connectivity index (χ0n) is 29.7. The van der Waals surface area contributed by atoms with Crippen LogP contribution in [0.25, 0.3) is 11.1 Å². The maximum atomic E-state index is 15.9. The van der Waals surface area contributed by atoms with Gasteiger partial charge >= 0.3 is 5.97 Å².